The number of rotatable bonds is 5. The van der Waals surface area contributed by atoms with Crippen LogP contribution in [0.5, 0.6) is 0 Å². The van der Waals surface area contributed by atoms with Gasteiger partial charge in [0.05, 0.1) is 12.1 Å². The fourth-order valence-corrected chi connectivity index (χ4v) is 2.57. The highest BCUT2D eigenvalue weighted by molar-refractivity contribution is 5.85. The van der Waals surface area contributed by atoms with Crippen molar-refractivity contribution < 1.29 is 9.59 Å². The topological polar surface area (TPSA) is 49.4 Å². The molecule has 1 saturated heterocycles. The van der Waals surface area contributed by atoms with E-state index in [0.717, 1.165) is 24.7 Å². The van der Waals surface area contributed by atoms with Crippen LogP contribution in [0.2, 0.25) is 0 Å². The Morgan fingerprint density at radius 1 is 1.47 bits per heavy atom. The van der Waals surface area contributed by atoms with Crippen molar-refractivity contribution in [2.24, 2.45) is 0 Å². The molecule has 4 nitrogen and oxygen atoms in total. The molecule has 1 amide bonds. The molecule has 0 radical (unpaired) electrons. The Labute approximate surface area is 113 Å². The number of likely N-dealkylation sites (tertiary alicyclic amines) is 1. The Bertz CT molecular complexity index is 433. The second-order valence-corrected chi connectivity index (χ2v) is 4.91. The number of likely N-dealkylation sites (N-methyl/N-ethyl adjacent to an activating group) is 1. The SMILES string of the molecule is CN[C@H](Cc1ccccc1)C(=O)N1CCC[C@H]1C=O. The molecule has 1 N–H and O–H groups in total. The first-order chi connectivity index (χ1) is 9.26. The van der Waals surface area contributed by atoms with Gasteiger partial charge in [0.1, 0.15) is 6.29 Å². The van der Waals surface area contributed by atoms with Crippen molar-refractivity contribution >= 4 is 12.2 Å². The summed E-state index contributed by atoms with van der Waals surface area (Å²) in [5.41, 5.74) is 1.12. The molecule has 0 bridgehead atoms. The highest BCUT2D eigenvalue weighted by Gasteiger charge is 2.32. The molecule has 19 heavy (non-hydrogen) atoms. The molecule has 0 aliphatic carbocycles. The van der Waals surface area contributed by atoms with Gasteiger partial charge in [-0.1, -0.05) is 30.3 Å². The van der Waals surface area contributed by atoms with Crippen LogP contribution in [0.1, 0.15) is 18.4 Å². The fourth-order valence-electron chi connectivity index (χ4n) is 2.57. The lowest BCUT2D eigenvalue weighted by Gasteiger charge is -2.26. The molecule has 1 fully saturated rings. The monoisotopic (exact) mass is 260 g/mol. The van der Waals surface area contributed by atoms with Gasteiger partial charge in [0.15, 0.2) is 0 Å². The lowest BCUT2D eigenvalue weighted by atomic mass is 10.0. The molecule has 1 aliphatic heterocycles. The third-order valence-electron chi connectivity index (χ3n) is 3.67. The quantitative estimate of drug-likeness (QED) is 0.804. The molecule has 0 spiro atoms. The van der Waals surface area contributed by atoms with Crippen molar-refractivity contribution in [1.82, 2.24) is 10.2 Å². The first-order valence-corrected chi connectivity index (χ1v) is 6.73. The molecular formula is C15H20N2O2. The third kappa shape index (κ3) is 3.20. The number of hydrogen-bond acceptors (Lipinski definition) is 3. The van der Waals surface area contributed by atoms with Gasteiger partial charge in [0.25, 0.3) is 0 Å². The molecule has 1 aromatic carbocycles. The minimum Gasteiger partial charge on any atom is -0.332 e. The maximum Gasteiger partial charge on any atom is 0.240 e. The maximum absolute atomic E-state index is 12.5. The van der Waals surface area contributed by atoms with E-state index < -0.39 is 0 Å². The van der Waals surface area contributed by atoms with E-state index in [1.807, 2.05) is 30.3 Å². The van der Waals surface area contributed by atoms with E-state index in [1.54, 1.807) is 11.9 Å². The van der Waals surface area contributed by atoms with Crippen LogP contribution in [0.4, 0.5) is 0 Å². The molecule has 4 heteroatoms. The fraction of sp³-hybridized carbons (Fsp3) is 0.467. The van der Waals surface area contributed by atoms with E-state index in [1.165, 1.54) is 0 Å². The Morgan fingerprint density at radius 2 is 2.21 bits per heavy atom. The minimum absolute atomic E-state index is 0.0287. The highest BCUT2D eigenvalue weighted by Crippen LogP contribution is 2.17. The number of nitrogens with one attached hydrogen (secondary N) is 1. The second kappa shape index (κ2) is 6.48. The van der Waals surface area contributed by atoms with Crippen LogP contribution in [0.25, 0.3) is 0 Å². The van der Waals surface area contributed by atoms with Gasteiger partial charge < -0.3 is 15.0 Å². The molecular weight excluding hydrogens is 240 g/mol. The molecule has 0 saturated carbocycles. The van der Waals surface area contributed by atoms with E-state index in [9.17, 15) is 9.59 Å². The Morgan fingerprint density at radius 3 is 2.84 bits per heavy atom. The first-order valence-electron chi connectivity index (χ1n) is 6.73. The number of carbonyl (C=O) groups is 2. The largest absolute Gasteiger partial charge is 0.332 e. The predicted molar refractivity (Wildman–Crippen MR) is 73.8 cm³/mol. The molecule has 1 aromatic rings. The van der Waals surface area contributed by atoms with E-state index in [0.29, 0.717) is 13.0 Å². The predicted octanol–water partition coefficient (Wildman–Crippen LogP) is 1.01. The summed E-state index contributed by atoms with van der Waals surface area (Å²) in [6.07, 6.45) is 3.24. The van der Waals surface area contributed by atoms with Crippen molar-refractivity contribution in [3.8, 4) is 0 Å². The molecule has 2 atom stereocenters. The summed E-state index contributed by atoms with van der Waals surface area (Å²) in [7, 11) is 1.79. The average molecular weight is 260 g/mol. The number of benzene rings is 1. The molecule has 0 unspecified atom stereocenters. The zero-order chi connectivity index (χ0) is 13.7. The molecule has 1 heterocycles. The summed E-state index contributed by atoms with van der Waals surface area (Å²) in [6, 6.07) is 9.43. The van der Waals surface area contributed by atoms with Gasteiger partial charge in [-0.25, -0.2) is 0 Å². The van der Waals surface area contributed by atoms with Gasteiger partial charge in [-0.3, -0.25) is 4.79 Å². The average Bonchev–Trinajstić information content (AvgIpc) is 2.93. The van der Waals surface area contributed by atoms with Gasteiger partial charge >= 0.3 is 0 Å². The van der Waals surface area contributed by atoms with Gasteiger partial charge in [0, 0.05) is 6.54 Å². The summed E-state index contributed by atoms with van der Waals surface area (Å²) >= 11 is 0. The summed E-state index contributed by atoms with van der Waals surface area (Å²) < 4.78 is 0. The van der Waals surface area contributed by atoms with Gasteiger partial charge in [-0.15, -0.1) is 0 Å². The van der Waals surface area contributed by atoms with Crippen molar-refractivity contribution in [2.45, 2.75) is 31.3 Å². The lowest BCUT2D eigenvalue weighted by Crippen LogP contribution is -2.48. The van der Waals surface area contributed by atoms with Crippen molar-refractivity contribution in [2.75, 3.05) is 13.6 Å². The minimum atomic E-state index is -0.261. The van der Waals surface area contributed by atoms with Gasteiger partial charge in [-0.2, -0.15) is 0 Å². The Kier molecular flexibility index (Phi) is 4.68. The van der Waals surface area contributed by atoms with Crippen LogP contribution in [0.3, 0.4) is 0 Å². The van der Waals surface area contributed by atoms with Crippen LogP contribution in [-0.2, 0) is 16.0 Å². The maximum atomic E-state index is 12.5. The zero-order valence-corrected chi connectivity index (χ0v) is 11.2. The summed E-state index contributed by atoms with van der Waals surface area (Å²) in [5, 5.41) is 3.06. The van der Waals surface area contributed by atoms with E-state index >= 15 is 0 Å². The molecule has 2 rings (SSSR count). The number of amides is 1. The molecule has 102 valence electrons. The second-order valence-electron chi connectivity index (χ2n) is 4.91. The van der Waals surface area contributed by atoms with E-state index in [-0.39, 0.29) is 18.0 Å². The van der Waals surface area contributed by atoms with Crippen molar-refractivity contribution in [3.05, 3.63) is 35.9 Å². The van der Waals surface area contributed by atoms with Crippen LogP contribution in [0, 0.1) is 0 Å². The summed E-state index contributed by atoms with van der Waals surface area (Å²) in [6.45, 7) is 0.690. The number of carbonyl (C=O) groups excluding carboxylic acids is 2. The first kappa shape index (κ1) is 13.7. The number of nitrogens with zero attached hydrogens (tertiary/aromatic N) is 1. The van der Waals surface area contributed by atoms with Gasteiger partial charge in [0.2, 0.25) is 5.91 Å². The van der Waals surface area contributed by atoms with E-state index in [2.05, 4.69) is 5.32 Å². The number of hydrogen-bond donors (Lipinski definition) is 1. The summed E-state index contributed by atoms with van der Waals surface area (Å²) in [5.74, 6) is 0.0287. The summed E-state index contributed by atoms with van der Waals surface area (Å²) in [4.78, 5) is 25.1. The smallest absolute Gasteiger partial charge is 0.240 e. The van der Waals surface area contributed by atoms with Crippen LogP contribution in [-0.4, -0.2) is 42.8 Å². The highest BCUT2D eigenvalue weighted by atomic mass is 16.2. The van der Waals surface area contributed by atoms with Crippen LogP contribution < -0.4 is 5.32 Å². The normalized spacial score (nSPS) is 20.3. The van der Waals surface area contributed by atoms with Crippen molar-refractivity contribution in [3.63, 3.8) is 0 Å². The van der Waals surface area contributed by atoms with Crippen molar-refractivity contribution in [1.29, 1.82) is 0 Å². The Balaban J connectivity index is 2.05. The molecule has 1 aliphatic rings. The Hall–Kier alpha value is -1.68. The third-order valence-corrected chi connectivity index (χ3v) is 3.67. The zero-order valence-electron chi connectivity index (χ0n) is 11.2. The van der Waals surface area contributed by atoms with Crippen LogP contribution >= 0.6 is 0 Å². The lowest BCUT2D eigenvalue weighted by molar-refractivity contribution is -0.136. The molecule has 0 aromatic heterocycles. The van der Waals surface area contributed by atoms with Gasteiger partial charge in [-0.05, 0) is 31.9 Å². The van der Waals surface area contributed by atoms with Crippen LogP contribution in [0.15, 0.2) is 30.3 Å². The van der Waals surface area contributed by atoms with E-state index in [4.69, 9.17) is 0 Å². The number of aldehydes is 1. The standard InChI is InChI=1S/C15H20N2O2/c1-16-14(10-12-6-3-2-4-7-12)15(19)17-9-5-8-13(17)11-18/h2-4,6-7,11,13-14,16H,5,8-10H2,1H3/t13-,14+/m0/s1.